The molecule has 1 saturated heterocycles. The minimum atomic E-state index is 0.170. The molecule has 0 aromatic rings. The van der Waals surface area contributed by atoms with Gasteiger partial charge in [0.05, 0.1) is 11.7 Å². The Hall–Kier alpha value is -0.560. The predicted molar refractivity (Wildman–Crippen MR) is 68.4 cm³/mol. The van der Waals surface area contributed by atoms with Crippen LogP contribution in [0.15, 0.2) is 23.3 Å². The third kappa shape index (κ3) is 2.40. The molecule has 0 bridgehead atoms. The second-order valence-electron chi connectivity index (χ2n) is 5.83. The van der Waals surface area contributed by atoms with Gasteiger partial charge in [0.25, 0.3) is 0 Å². The van der Waals surface area contributed by atoms with Crippen molar-refractivity contribution in [3.63, 3.8) is 0 Å². The zero-order valence-electron chi connectivity index (χ0n) is 11.0. The average Bonchev–Trinajstić information content (AvgIpc) is 2.89. The largest absolute Gasteiger partial charge is 0.366 e. The maximum atomic E-state index is 5.96. The first-order chi connectivity index (χ1) is 7.52. The third-order valence-electron chi connectivity index (χ3n) is 4.17. The quantitative estimate of drug-likeness (QED) is 0.512. The van der Waals surface area contributed by atoms with Gasteiger partial charge in [-0.3, -0.25) is 0 Å². The van der Waals surface area contributed by atoms with Gasteiger partial charge in [0.15, 0.2) is 0 Å². The summed E-state index contributed by atoms with van der Waals surface area (Å²) in [4.78, 5) is 0. The van der Waals surface area contributed by atoms with Crippen LogP contribution in [-0.4, -0.2) is 11.7 Å². The number of ether oxygens (including phenoxy) is 1. The summed E-state index contributed by atoms with van der Waals surface area (Å²) in [5.74, 6) is 0.742. The van der Waals surface area contributed by atoms with E-state index in [2.05, 4.69) is 39.8 Å². The topological polar surface area (TPSA) is 12.5 Å². The van der Waals surface area contributed by atoms with E-state index in [9.17, 15) is 0 Å². The van der Waals surface area contributed by atoms with E-state index in [0.717, 1.165) is 12.3 Å². The van der Waals surface area contributed by atoms with Crippen LogP contribution in [0.1, 0.15) is 53.4 Å². The Kier molecular flexibility index (Phi) is 3.25. The highest BCUT2D eigenvalue weighted by Crippen LogP contribution is 2.49. The van der Waals surface area contributed by atoms with Crippen LogP contribution in [0, 0.1) is 5.92 Å². The SMILES string of the molecule is CC(C)=CCC1OC1(C)C1CC=C(C)CC1. The molecule has 1 nitrogen and oxygen atoms in total. The summed E-state index contributed by atoms with van der Waals surface area (Å²) < 4.78 is 5.96. The summed E-state index contributed by atoms with van der Waals surface area (Å²) in [6.07, 6.45) is 10.1. The Labute approximate surface area is 99.6 Å². The van der Waals surface area contributed by atoms with E-state index >= 15 is 0 Å². The van der Waals surface area contributed by atoms with Crippen LogP contribution >= 0.6 is 0 Å². The second kappa shape index (κ2) is 4.37. The van der Waals surface area contributed by atoms with Gasteiger partial charge >= 0.3 is 0 Å². The minimum absolute atomic E-state index is 0.170. The van der Waals surface area contributed by atoms with Gasteiger partial charge in [-0.25, -0.2) is 0 Å². The standard InChI is InChI=1S/C15H24O/c1-11(2)5-10-14-15(4,16-14)13-8-6-12(3)7-9-13/h5-6,13-14H,7-10H2,1-4H3. The van der Waals surface area contributed by atoms with Crippen LogP contribution < -0.4 is 0 Å². The molecule has 1 aliphatic carbocycles. The summed E-state index contributed by atoms with van der Waals surface area (Å²) in [5, 5.41) is 0. The summed E-state index contributed by atoms with van der Waals surface area (Å²) in [6, 6.07) is 0. The van der Waals surface area contributed by atoms with Crippen LogP contribution in [0.5, 0.6) is 0 Å². The normalized spacial score (nSPS) is 37.9. The van der Waals surface area contributed by atoms with Gasteiger partial charge in [-0.2, -0.15) is 0 Å². The van der Waals surface area contributed by atoms with Gasteiger partial charge in [-0.05, 0) is 59.3 Å². The number of allylic oxidation sites excluding steroid dienone is 3. The Morgan fingerprint density at radius 3 is 2.88 bits per heavy atom. The molecule has 1 heterocycles. The summed E-state index contributed by atoms with van der Waals surface area (Å²) in [5.41, 5.74) is 3.13. The van der Waals surface area contributed by atoms with Crippen molar-refractivity contribution in [2.45, 2.75) is 65.1 Å². The molecule has 0 aromatic heterocycles. The predicted octanol–water partition coefficient (Wildman–Crippen LogP) is 4.25. The molecule has 2 aliphatic rings. The summed E-state index contributed by atoms with van der Waals surface area (Å²) >= 11 is 0. The summed E-state index contributed by atoms with van der Waals surface area (Å²) in [6.45, 7) is 8.86. The molecule has 90 valence electrons. The molecule has 0 aromatic carbocycles. The fraction of sp³-hybridized carbons (Fsp3) is 0.733. The molecule has 0 amide bonds. The lowest BCUT2D eigenvalue weighted by molar-refractivity contribution is 0.218. The van der Waals surface area contributed by atoms with Gasteiger partial charge in [0.2, 0.25) is 0 Å². The highest BCUT2D eigenvalue weighted by molar-refractivity contribution is 5.13. The molecule has 1 heteroatoms. The lowest BCUT2D eigenvalue weighted by Crippen LogP contribution is -2.25. The molecule has 1 aliphatic heterocycles. The maximum Gasteiger partial charge on any atom is 0.0954 e. The van der Waals surface area contributed by atoms with E-state index in [1.165, 1.54) is 24.8 Å². The van der Waals surface area contributed by atoms with Crippen molar-refractivity contribution in [3.8, 4) is 0 Å². The zero-order valence-corrected chi connectivity index (χ0v) is 11.0. The van der Waals surface area contributed by atoms with E-state index in [4.69, 9.17) is 4.74 Å². The van der Waals surface area contributed by atoms with Crippen molar-refractivity contribution in [1.82, 2.24) is 0 Å². The van der Waals surface area contributed by atoms with Crippen LogP contribution in [-0.2, 0) is 4.74 Å². The fourth-order valence-electron chi connectivity index (χ4n) is 2.74. The Balaban J connectivity index is 1.89. The minimum Gasteiger partial charge on any atom is -0.366 e. The first-order valence-corrected chi connectivity index (χ1v) is 6.49. The van der Waals surface area contributed by atoms with Crippen molar-refractivity contribution < 1.29 is 4.74 Å². The molecule has 2 rings (SSSR count). The number of hydrogen-bond donors (Lipinski definition) is 0. The maximum absolute atomic E-state index is 5.96. The molecule has 16 heavy (non-hydrogen) atoms. The smallest absolute Gasteiger partial charge is 0.0954 e. The van der Waals surface area contributed by atoms with E-state index in [1.807, 2.05) is 0 Å². The van der Waals surface area contributed by atoms with Crippen LogP contribution in [0.25, 0.3) is 0 Å². The number of epoxide rings is 1. The third-order valence-corrected chi connectivity index (χ3v) is 4.17. The van der Waals surface area contributed by atoms with Crippen molar-refractivity contribution >= 4 is 0 Å². The lowest BCUT2D eigenvalue weighted by Gasteiger charge is -2.24. The highest BCUT2D eigenvalue weighted by Gasteiger charge is 2.55. The Bertz CT molecular complexity index is 322. The first-order valence-electron chi connectivity index (χ1n) is 6.49. The van der Waals surface area contributed by atoms with E-state index < -0.39 is 0 Å². The van der Waals surface area contributed by atoms with Crippen LogP contribution in [0.3, 0.4) is 0 Å². The van der Waals surface area contributed by atoms with Gasteiger partial charge in [0.1, 0.15) is 0 Å². The molecule has 0 N–H and O–H groups in total. The molecule has 3 unspecified atom stereocenters. The zero-order chi connectivity index (χ0) is 11.8. The van der Waals surface area contributed by atoms with Crippen molar-refractivity contribution in [2.24, 2.45) is 5.92 Å². The van der Waals surface area contributed by atoms with Gasteiger partial charge in [-0.1, -0.05) is 23.3 Å². The lowest BCUT2D eigenvalue weighted by atomic mass is 9.79. The first kappa shape index (κ1) is 11.9. The molecular formula is C15H24O. The second-order valence-corrected chi connectivity index (χ2v) is 5.83. The molecular weight excluding hydrogens is 196 g/mol. The van der Waals surface area contributed by atoms with E-state index in [-0.39, 0.29) is 5.60 Å². The average molecular weight is 220 g/mol. The number of rotatable bonds is 3. The summed E-state index contributed by atoms with van der Waals surface area (Å²) in [7, 11) is 0. The van der Waals surface area contributed by atoms with Gasteiger partial charge in [0, 0.05) is 0 Å². The van der Waals surface area contributed by atoms with Crippen molar-refractivity contribution in [2.75, 3.05) is 0 Å². The van der Waals surface area contributed by atoms with Crippen molar-refractivity contribution in [1.29, 1.82) is 0 Å². The highest BCUT2D eigenvalue weighted by atomic mass is 16.6. The van der Waals surface area contributed by atoms with Crippen molar-refractivity contribution in [3.05, 3.63) is 23.3 Å². The monoisotopic (exact) mass is 220 g/mol. The molecule has 0 radical (unpaired) electrons. The van der Waals surface area contributed by atoms with Gasteiger partial charge in [-0.15, -0.1) is 0 Å². The Morgan fingerprint density at radius 2 is 2.31 bits per heavy atom. The number of hydrogen-bond acceptors (Lipinski definition) is 1. The molecule has 3 atom stereocenters. The molecule has 0 spiro atoms. The van der Waals surface area contributed by atoms with Gasteiger partial charge < -0.3 is 4.74 Å². The molecule has 1 fully saturated rings. The fourth-order valence-corrected chi connectivity index (χ4v) is 2.74. The van der Waals surface area contributed by atoms with E-state index in [1.54, 1.807) is 5.57 Å². The van der Waals surface area contributed by atoms with Crippen LogP contribution in [0.4, 0.5) is 0 Å². The molecule has 0 saturated carbocycles. The van der Waals surface area contributed by atoms with E-state index in [0.29, 0.717) is 6.10 Å². The van der Waals surface area contributed by atoms with Crippen LogP contribution in [0.2, 0.25) is 0 Å². The Morgan fingerprint density at radius 1 is 1.56 bits per heavy atom.